The van der Waals surface area contributed by atoms with Gasteiger partial charge in [-0.3, -0.25) is 14.9 Å². The van der Waals surface area contributed by atoms with Crippen molar-refractivity contribution < 1.29 is 9.59 Å². The molecule has 0 spiro atoms. The monoisotopic (exact) mass is 255 g/mol. The molecule has 0 saturated heterocycles. The standard InChI is InChI=1S/C13H25N3O2/c1-4-5-9(2)15-12(17)8-14-10(3)13(18)16-11-6-7-11/h9-11,14H,4-8H2,1-3H3,(H,15,17)(H,16,18). The van der Waals surface area contributed by atoms with Crippen molar-refractivity contribution in [2.75, 3.05) is 6.54 Å². The first kappa shape index (κ1) is 15.0. The van der Waals surface area contributed by atoms with Crippen LogP contribution in [0.1, 0.15) is 46.5 Å². The summed E-state index contributed by atoms with van der Waals surface area (Å²) < 4.78 is 0. The van der Waals surface area contributed by atoms with Crippen LogP contribution in [-0.2, 0) is 9.59 Å². The predicted molar refractivity (Wildman–Crippen MR) is 71.1 cm³/mol. The van der Waals surface area contributed by atoms with Gasteiger partial charge in [0.15, 0.2) is 0 Å². The Hall–Kier alpha value is -1.10. The number of hydrogen-bond acceptors (Lipinski definition) is 3. The van der Waals surface area contributed by atoms with E-state index in [4.69, 9.17) is 0 Å². The van der Waals surface area contributed by atoms with Crippen LogP contribution in [0.15, 0.2) is 0 Å². The molecular weight excluding hydrogens is 230 g/mol. The van der Waals surface area contributed by atoms with E-state index in [9.17, 15) is 9.59 Å². The third kappa shape index (κ3) is 6.00. The van der Waals surface area contributed by atoms with E-state index in [2.05, 4.69) is 22.9 Å². The molecule has 1 fully saturated rings. The minimum atomic E-state index is -0.321. The van der Waals surface area contributed by atoms with Crippen molar-refractivity contribution in [3.05, 3.63) is 0 Å². The Bertz CT molecular complexity index is 290. The van der Waals surface area contributed by atoms with Gasteiger partial charge in [-0.15, -0.1) is 0 Å². The Morgan fingerprint density at radius 2 is 1.94 bits per heavy atom. The zero-order valence-electron chi connectivity index (χ0n) is 11.6. The fraction of sp³-hybridized carbons (Fsp3) is 0.846. The first-order valence-electron chi connectivity index (χ1n) is 6.86. The van der Waals surface area contributed by atoms with Gasteiger partial charge < -0.3 is 10.6 Å². The molecule has 0 heterocycles. The molecule has 0 aromatic rings. The Kier molecular flexibility index (Phi) is 6.12. The van der Waals surface area contributed by atoms with Gasteiger partial charge >= 0.3 is 0 Å². The van der Waals surface area contributed by atoms with Crippen LogP contribution in [0.3, 0.4) is 0 Å². The number of amides is 2. The molecule has 1 saturated carbocycles. The lowest BCUT2D eigenvalue weighted by atomic mass is 10.2. The molecule has 1 aliphatic carbocycles. The second-order valence-corrected chi connectivity index (χ2v) is 5.14. The minimum absolute atomic E-state index is 0.0214. The van der Waals surface area contributed by atoms with Crippen LogP contribution in [0.5, 0.6) is 0 Å². The van der Waals surface area contributed by atoms with Crippen molar-refractivity contribution in [3.63, 3.8) is 0 Å². The first-order chi connectivity index (χ1) is 8.52. The average molecular weight is 255 g/mol. The van der Waals surface area contributed by atoms with Crippen LogP contribution in [0.25, 0.3) is 0 Å². The summed E-state index contributed by atoms with van der Waals surface area (Å²) in [4.78, 5) is 23.2. The summed E-state index contributed by atoms with van der Waals surface area (Å²) >= 11 is 0. The van der Waals surface area contributed by atoms with Crippen molar-refractivity contribution in [3.8, 4) is 0 Å². The van der Waals surface area contributed by atoms with Crippen LogP contribution < -0.4 is 16.0 Å². The smallest absolute Gasteiger partial charge is 0.237 e. The van der Waals surface area contributed by atoms with Gasteiger partial charge in [0.05, 0.1) is 12.6 Å². The molecule has 0 aromatic heterocycles. The summed E-state index contributed by atoms with van der Waals surface area (Å²) in [7, 11) is 0. The summed E-state index contributed by atoms with van der Waals surface area (Å²) in [5.74, 6) is -0.0751. The molecule has 3 N–H and O–H groups in total. The van der Waals surface area contributed by atoms with E-state index in [-0.39, 0.29) is 30.4 Å². The quantitative estimate of drug-likeness (QED) is 0.593. The summed E-state index contributed by atoms with van der Waals surface area (Å²) in [6.07, 6.45) is 4.18. The van der Waals surface area contributed by atoms with E-state index >= 15 is 0 Å². The van der Waals surface area contributed by atoms with Gasteiger partial charge in [-0.05, 0) is 33.1 Å². The van der Waals surface area contributed by atoms with E-state index in [1.165, 1.54) is 0 Å². The highest BCUT2D eigenvalue weighted by Crippen LogP contribution is 2.18. The number of rotatable bonds is 8. The van der Waals surface area contributed by atoms with Crippen molar-refractivity contribution >= 4 is 11.8 Å². The summed E-state index contributed by atoms with van der Waals surface area (Å²) in [5.41, 5.74) is 0. The van der Waals surface area contributed by atoms with E-state index in [1.807, 2.05) is 6.92 Å². The van der Waals surface area contributed by atoms with Gasteiger partial charge in [0, 0.05) is 12.1 Å². The highest BCUT2D eigenvalue weighted by Gasteiger charge is 2.25. The Morgan fingerprint density at radius 3 is 2.50 bits per heavy atom. The molecule has 0 bridgehead atoms. The number of carbonyl (C=O) groups is 2. The summed E-state index contributed by atoms with van der Waals surface area (Å²) in [5, 5.41) is 8.74. The third-order valence-electron chi connectivity index (χ3n) is 3.01. The molecule has 104 valence electrons. The SMILES string of the molecule is CCCC(C)NC(=O)CNC(C)C(=O)NC1CC1. The van der Waals surface area contributed by atoms with Crippen molar-refractivity contribution in [2.24, 2.45) is 0 Å². The lowest BCUT2D eigenvalue weighted by molar-refractivity contribution is -0.123. The normalized spacial score (nSPS) is 17.9. The third-order valence-corrected chi connectivity index (χ3v) is 3.01. The van der Waals surface area contributed by atoms with Gasteiger partial charge in [-0.25, -0.2) is 0 Å². The van der Waals surface area contributed by atoms with Crippen LogP contribution in [0.4, 0.5) is 0 Å². The largest absolute Gasteiger partial charge is 0.353 e. The van der Waals surface area contributed by atoms with Crippen LogP contribution in [0, 0.1) is 0 Å². The Balaban J connectivity index is 2.14. The van der Waals surface area contributed by atoms with E-state index in [0.717, 1.165) is 25.7 Å². The molecule has 1 aliphatic rings. The molecule has 2 atom stereocenters. The van der Waals surface area contributed by atoms with Crippen LogP contribution in [0.2, 0.25) is 0 Å². The van der Waals surface area contributed by atoms with Crippen LogP contribution in [-0.4, -0.2) is 36.5 Å². The van der Waals surface area contributed by atoms with Gasteiger partial charge in [-0.2, -0.15) is 0 Å². The average Bonchev–Trinajstić information content (AvgIpc) is 3.09. The summed E-state index contributed by atoms with van der Waals surface area (Å²) in [6, 6.07) is 0.234. The number of nitrogens with one attached hydrogen (secondary N) is 3. The van der Waals surface area contributed by atoms with E-state index in [0.29, 0.717) is 6.04 Å². The van der Waals surface area contributed by atoms with Crippen molar-refractivity contribution in [1.29, 1.82) is 0 Å². The molecule has 1 rings (SSSR count). The summed E-state index contributed by atoms with van der Waals surface area (Å²) in [6.45, 7) is 6.05. The predicted octanol–water partition coefficient (Wildman–Crippen LogP) is 0.548. The fourth-order valence-electron chi connectivity index (χ4n) is 1.72. The second kappa shape index (κ2) is 7.36. The van der Waals surface area contributed by atoms with E-state index in [1.54, 1.807) is 6.92 Å². The first-order valence-corrected chi connectivity index (χ1v) is 6.86. The molecule has 0 aliphatic heterocycles. The topological polar surface area (TPSA) is 70.2 Å². The van der Waals surface area contributed by atoms with Gasteiger partial charge in [0.1, 0.15) is 0 Å². The van der Waals surface area contributed by atoms with Crippen LogP contribution >= 0.6 is 0 Å². The molecule has 2 unspecified atom stereocenters. The highest BCUT2D eigenvalue weighted by molar-refractivity contribution is 5.83. The zero-order valence-corrected chi connectivity index (χ0v) is 11.6. The molecule has 5 nitrogen and oxygen atoms in total. The lowest BCUT2D eigenvalue weighted by Gasteiger charge is -2.16. The van der Waals surface area contributed by atoms with E-state index < -0.39 is 0 Å². The minimum Gasteiger partial charge on any atom is -0.353 e. The second-order valence-electron chi connectivity index (χ2n) is 5.14. The molecule has 0 aromatic carbocycles. The highest BCUT2D eigenvalue weighted by atomic mass is 16.2. The van der Waals surface area contributed by atoms with Crippen molar-refractivity contribution in [2.45, 2.75) is 64.6 Å². The number of carbonyl (C=O) groups excluding carboxylic acids is 2. The molecular formula is C13H25N3O2. The number of hydrogen-bond donors (Lipinski definition) is 3. The van der Waals surface area contributed by atoms with Gasteiger partial charge in [0.25, 0.3) is 0 Å². The molecule has 0 radical (unpaired) electrons. The maximum atomic E-state index is 11.6. The Morgan fingerprint density at radius 1 is 1.28 bits per heavy atom. The van der Waals surface area contributed by atoms with Crippen molar-refractivity contribution in [1.82, 2.24) is 16.0 Å². The van der Waals surface area contributed by atoms with Gasteiger partial charge in [-0.1, -0.05) is 13.3 Å². The lowest BCUT2D eigenvalue weighted by Crippen LogP contribution is -2.47. The van der Waals surface area contributed by atoms with Gasteiger partial charge in [0.2, 0.25) is 11.8 Å². The maximum absolute atomic E-state index is 11.6. The Labute approximate surface area is 109 Å². The zero-order chi connectivity index (χ0) is 13.5. The molecule has 18 heavy (non-hydrogen) atoms. The molecule has 5 heteroatoms. The maximum Gasteiger partial charge on any atom is 0.237 e. The fourth-order valence-corrected chi connectivity index (χ4v) is 1.72. The molecule has 2 amide bonds.